The van der Waals surface area contributed by atoms with Gasteiger partial charge < -0.3 is 4.74 Å². The lowest BCUT2D eigenvalue weighted by atomic mass is 10.2. The minimum atomic E-state index is 0.588. The Hall–Kier alpha value is -0.300. The summed E-state index contributed by atoms with van der Waals surface area (Å²) in [4.78, 5) is 0. The van der Waals surface area contributed by atoms with Crippen molar-refractivity contribution in [1.29, 1.82) is 0 Å². The third-order valence-electron chi connectivity index (χ3n) is 2.10. The number of hydrogen-bond donors (Lipinski definition) is 0. The topological polar surface area (TPSA) is 9.23 Å². The monoisotopic (exact) mass is 140 g/mol. The van der Waals surface area contributed by atoms with E-state index in [9.17, 15) is 0 Å². The van der Waals surface area contributed by atoms with Crippen molar-refractivity contribution in [1.82, 2.24) is 0 Å². The van der Waals surface area contributed by atoms with Gasteiger partial charge in [0.05, 0.1) is 6.10 Å². The highest BCUT2D eigenvalue weighted by Crippen LogP contribution is 2.36. The van der Waals surface area contributed by atoms with E-state index in [-0.39, 0.29) is 0 Å². The highest BCUT2D eigenvalue weighted by atomic mass is 16.5. The molecule has 0 bridgehead atoms. The average molecular weight is 140 g/mol. The maximum Gasteiger partial charge on any atom is 0.0604 e. The molecule has 0 saturated heterocycles. The smallest absolute Gasteiger partial charge is 0.0604 e. The van der Waals surface area contributed by atoms with Crippen molar-refractivity contribution in [3.63, 3.8) is 0 Å². The van der Waals surface area contributed by atoms with Gasteiger partial charge in [-0.3, -0.25) is 0 Å². The Morgan fingerprint density at radius 2 is 2.40 bits per heavy atom. The Labute approximate surface area is 63.1 Å². The van der Waals surface area contributed by atoms with Gasteiger partial charge in [-0.1, -0.05) is 12.2 Å². The minimum absolute atomic E-state index is 0.588. The Bertz CT molecular complexity index is 118. The lowest BCUT2D eigenvalue weighted by Crippen LogP contribution is -1.89. The van der Waals surface area contributed by atoms with E-state index < -0.39 is 0 Å². The van der Waals surface area contributed by atoms with E-state index in [0.29, 0.717) is 6.10 Å². The standard InChI is InChI=1S/C9H16O/c1-3-4-5-6-8-7-9(8)10-2/h3-4,8-9H,5-7H2,1-2H3. The van der Waals surface area contributed by atoms with Gasteiger partial charge in [-0.05, 0) is 32.1 Å². The Balaban J connectivity index is 1.96. The van der Waals surface area contributed by atoms with E-state index in [1.807, 2.05) is 0 Å². The second-order valence-corrected chi connectivity index (χ2v) is 2.92. The summed E-state index contributed by atoms with van der Waals surface area (Å²) in [5.41, 5.74) is 0. The number of methoxy groups -OCH3 is 1. The van der Waals surface area contributed by atoms with Crippen LogP contribution in [0.2, 0.25) is 0 Å². The van der Waals surface area contributed by atoms with E-state index in [2.05, 4.69) is 19.1 Å². The van der Waals surface area contributed by atoms with Crippen LogP contribution in [0.15, 0.2) is 12.2 Å². The van der Waals surface area contributed by atoms with Crippen LogP contribution in [0.5, 0.6) is 0 Å². The third kappa shape index (κ3) is 2.14. The fourth-order valence-electron chi connectivity index (χ4n) is 1.29. The fraction of sp³-hybridized carbons (Fsp3) is 0.778. The van der Waals surface area contributed by atoms with Crippen molar-refractivity contribution in [2.45, 2.75) is 32.3 Å². The van der Waals surface area contributed by atoms with Crippen molar-refractivity contribution in [3.05, 3.63) is 12.2 Å². The summed E-state index contributed by atoms with van der Waals surface area (Å²) in [5.74, 6) is 0.862. The Kier molecular flexibility index (Phi) is 2.94. The molecule has 1 fully saturated rings. The Morgan fingerprint density at radius 1 is 1.60 bits per heavy atom. The zero-order valence-electron chi connectivity index (χ0n) is 6.84. The van der Waals surface area contributed by atoms with Crippen molar-refractivity contribution in [2.24, 2.45) is 5.92 Å². The molecular formula is C9H16O. The van der Waals surface area contributed by atoms with E-state index in [1.165, 1.54) is 19.3 Å². The molecule has 0 radical (unpaired) electrons. The molecule has 0 N–H and O–H groups in total. The molecule has 0 aromatic carbocycles. The summed E-state index contributed by atoms with van der Waals surface area (Å²) in [6.45, 7) is 2.07. The predicted molar refractivity (Wildman–Crippen MR) is 43.0 cm³/mol. The molecular weight excluding hydrogens is 124 g/mol. The van der Waals surface area contributed by atoms with Crippen LogP contribution in [0.3, 0.4) is 0 Å². The number of hydrogen-bond acceptors (Lipinski definition) is 1. The van der Waals surface area contributed by atoms with Gasteiger partial charge in [0.15, 0.2) is 0 Å². The quantitative estimate of drug-likeness (QED) is 0.545. The van der Waals surface area contributed by atoms with Gasteiger partial charge in [-0.15, -0.1) is 0 Å². The van der Waals surface area contributed by atoms with Gasteiger partial charge in [-0.2, -0.15) is 0 Å². The molecule has 58 valence electrons. The zero-order valence-corrected chi connectivity index (χ0v) is 6.84. The molecule has 2 atom stereocenters. The average Bonchev–Trinajstić information content (AvgIpc) is 2.68. The van der Waals surface area contributed by atoms with Crippen LogP contribution in [0.4, 0.5) is 0 Å². The normalized spacial score (nSPS) is 31.4. The van der Waals surface area contributed by atoms with Crippen LogP contribution in [-0.4, -0.2) is 13.2 Å². The van der Waals surface area contributed by atoms with E-state index in [0.717, 1.165) is 5.92 Å². The second kappa shape index (κ2) is 3.77. The molecule has 0 aromatic rings. The summed E-state index contributed by atoms with van der Waals surface area (Å²) in [5, 5.41) is 0. The lowest BCUT2D eigenvalue weighted by molar-refractivity contribution is 0.168. The van der Waals surface area contributed by atoms with Crippen LogP contribution in [-0.2, 0) is 4.74 Å². The lowest BCUT2D eigenvalue weighted by Gasteiger charge is -1.93. The van der Waals surface area contributed by atoms with Crippen LogP contribution >= 0.6 is 0 Å². The molecule has 0 heterocycles. The maximum absolute atomic E-state index is 5.18. The molecule has 1 nitrogen and oxygen atoms in total. The molecule has 0 aliphatic heterocycles. The van der Waals surface area contributed by atoms with Gasteiger partial charge in [0, 0.05) is 7.11 Å². The van der Waals surface area contributed by atoms with Crippen LogP contribution in [0.1, 0.15) is 26.2 Å². The van der Waals surface area contributed by atoms with E-state index >= 15 is 0 Å². The first kappa shape index (κ1) is 7.80. The maximum atomic E-state index is 5.18. The summed E-state index contributed by atoms with van der Waals surface area (Å²) in [6, 6.07) is 0. The van der Waals surface area contributed by atoms with Crippen molar-refractivity contribution >= 4 is 0 Å². The highest BCUT2D eigenvalue weighted by Gasteiger charge is 2.35. The largest absolute Gasteiger partial charge is 0.381 e. The number of rotatable bonds is 4. The number of allylic oxidation sites excluding steroid dienone is 2. The molecule has 0 aromatic heterocycles. The molecule has 1 rings (SSSR count). The molecule has 10 heavy (non-hydrogen) atoms. The van der Waals surface area contributed by atoms with Gasteiger partial charge in [0.25, 0.3) is 0 Å². The van der Waals surface area contributed by atoms with Crippen molar-refractivity contribution in [2.75, 3.05) is 7.11 Å². The van der Waals surface area contributed by atoms with E-state index in [1.54, 1.807) is 7.11 Å². The first-order chi connectivity index (χ1) is 4.88. The predicted octanol–water partition coefficient (Wildman–Crippen LogP) is 2.38. The van der Waals surface area contributed by atoms with Crippen molar-refractivity contribution < 1.29 is 4.74 Å². The second-order valence-electron chi connectivity index (χ2n) is 2.92. The van der Waals surface area contributed by atoms with E-state index in [4.69, 9.17) is 4.74 Å². The molecule has 1 saturated carbocycles. The summed E-state index contributed by atoms with van der Waals surface area (Å²) in [7, 11) is 1.81. The summed E-state index contributed by atoms with van der Waals surface area (Å²) in [6.07, 6.45) is 8.75. The van der Waals surface area contributed by atoms with Gasteiger partial charge in [0.1, 0.15) is 0 Å². The number of ether oxygens (including phenoxy) is 1. The minimum Gasteiger partial charge on any atom is -0.381 e. The third-order valence-corrected chi connectivity index (χ3v) is 2.10. The van der Waals surface area contributed by atoms with Gasteiger partial charge in [-0.25, -0.2) is 0 Å². The van der Waals surface area contributed by atoms with Crippen LogP contribution in [0, 0.1) is 5.92 Å². The molecule has 1 aliphatic carbocycles. The van der Waals surface area contributed by atoms with Gasteiger partial charge >= 0.3 is 0 Å². The molecule has 1 aliphatic rings. The first-order valence-electron chi connectivity index (χ1n) is 4.02. The SMILES string of the molecule is CC=CCCC1CC1OC. The Morgan fingerprint density at radius 3 is 2.90 bits per heavy atom. The molecule has 0 amide bonds. The first-order valence-corrected chi connectivity index (χ1v) is 4.02. The molecule has 0 spiro atoms. The van der Waals surface area contributed by atoms with Crippen molar-refractivity contribution in [3.8, 4) is 0 Å². The fourth-order valence-corrected chi connectivity index (χ4v) is 1.29. The highest BCUT2D eigenvalue weighted by molar-refractivity contribution is 4.89. The van der Waals surface area contributed by atoms with Crippen LogP contribution < -0.4 is 0 Å². The zero-order chi connectivity index (χ0) is 7.40. The van der Waals surface area contributed by atoms with Gasteiger partial charge in [0.2, 0.25) is 0 Å². The molecule has 2 unspecified atom stereocenters. The van der Waals surface area contributed by atoms with Crippen LogP contribution in [0.25, 0.3) is 0 Å². The summed E-state index contributed by atoms with van der Waals surface area (Å²) < 4.78 is 5.18. The summed E-state index contributed by atoms with van der Waals surface area (Å²) >= 11 is 0. The molecule has 1 heteroatoms.